The number of benzene rings is 2. The molecule has 0 spiro atoms. The summed E-state index contributed by atoms with van der Waals surface area (Å²) < 4.78 is 0. The Bertz CT molecular complexity index is 904. The highest BCUT2D eigenvalue weighted by Gasteiger charge is 2.08. The zero-order valence-electron chi connectivity index (χ0n) is 14.8. The van der Waals surface area contributed by atoms with Gasteiger partial charge in [-0.15, -0.1) is 0 Å². The monoisotopic (exact) mass is 350 g/mol. The van der Waals surface area contributed by atoms with E-state index in [-0.39, 0.29) is 5.91 Å². The first kappa shape index (κ1) is 17.5. The van der Waals surface area contributed by atoms with Crippen LogP contribution in [0, 0.1) is 13.8 Å². The molecule has 0 aliphatic carbocycles. The van der Waals surface area contributed by atoms with Gasteiger partial charge in [0.15, 0.2) is 0 Å². The van der Waals surface area contributed by atoms with Crippen LogP contribution in [0.4, 0.5) is 5.69 Å². The Labute approximate surface area is 152 Å². The van der Waals surface area contributed by atoms with Gasteiger partial charge in [-0.3, -0.25) is 4.79 Å². The molecular formula is C21H22N2OS. The maximum atomic E-state index is 12.2. The maximum absolute atomic E-state index is 12.2. The van der Waals surface area contributed by atoms with Crippen molar-refractivity contribution >= 4 is 34.3 Å². The molecule has 1 aromatic heterocycles. The topological polar surface area (TPSA) is 42.0 Å². The van der Waals surface area contributed by atoms with E-state index in [1.165, 1.54) is 28.3 Å². The molecule has 0 radical (unpaired) electrons. The summed E-state index contributed by atoms with van der Waals surface area (Å²) in [4.78, 5) is 16.9. The smallest absolute Gasteiger partial charge is 0.234 e. The van der Waals surface area contributed by atoms with E-state index in [0.29, 0.717) is 5.75 Å². The van der Waals surface area contributed by atoms with Crippen molar-refractivity contribution in [2.75, 3.05) is 11.1 Å². The first-order valence-corrected chi connectivity index (χ1v) is 9.44. The fraction of sp³-hybridized carbons (Fsp3) is 0.238. The number of rotatable bonds is 5. The molecule has 0 saturated carbocycles. The zero-order valence-corrected chi connectivity index (χ0v) is 15.6. The van der Waals surface area contributed by atoms with Crippen LogP contribution in [0.25, 0.3) is 10.9 Å². The van der Waals surface area contributed by atoms with E-state index in [4.69, 9.17) is 4.98 Å². The molecule has 2 aromatic carbocycles. The molecule has 0 aliphatic heterocycles. The second-order valence-electron chi connectivity index (χ2n) is 6.14. The van der Waals surface area contributed by atoms with Crippen LogP contribution in [-0.2, 0) is 11.2 Å². The Balaban J connectivity index is 1.67. The molecule has 0 unspecified atom stereocenters. The lowest BCUT2D eigenvalue weighted by molar-refractivity contribution is -0.113. The van der Waals surface area contributed by atoms with Gasteiger partial charge in [-0.1, -0.05) is 49.0 Å². The predicted molar refractivity (Wildman–Crippen MR) is 106 cm³/mol. The molecule has 25 heavy (non-hydrogen) atoms. The average molecular weight is 350 g/mol. The molecule has 3 rings (SSSR count). The van der Waals surface area contributed by atoms with E-state index in [0.717, 1.165) is 28.2 Å². The highest BCUT2D eigenvalue weighted by Crippen LogP contribution is 2.25. The first-order valence-electron chi connectivity index (χ1n) is 8.45. The van der Waals surface area contributed by atoms with Crippen LogP contribution in [0.1, 0.15) is 23.6 Å². The number of nitrogens with one attached hydrogen (secondary N) is 1. The van der Waals surface area contributed by atoms with Crippen LogP contribution in [0.15, 0.2) is 53.6 Å². The van der Waals surface area contributed by atoms with Crippen molar-refractivity contribution in [1.82, 2.24) is 4.98 Å². The first-order chi connectivity index (χ1) is 12.1. The Hall–Kier alpha value is -2.33. The molecule has 0 saturated heterocycles. The summed E-state index contributed by atoms with van der Waals surface area (Å²) in [6.07, 6.45) is 0.997. The quantitative estimate of drug-likeness (QED) is 0.648. The van der Waals surface area contributed by atoms with Crippen LogP contribution < -0.4 is 5.32 Å². The van der Waals surface area contributed by atoms with E-state index in [2.05, 4.69) is 50.4 Å². The summed E-state index contributed by atoms with van der Waals surface area (Å²) >= 11 is 1.47. The van der Waals surface area contributed by atoms with Crippen molar-refractivity contribution in [3.63, 3.8) is 0 Å². The molecule has 1 amide bonds. The molecule has 3 aromatic rings. The number of amides is 1. The maximum Gasteiger partial charge on any atom is 0.234 e. The number of nitrogens with zero attached hydrogens (tertiary/aromatic N) is 1. The van der Waals surface area contributed by atoms with E-state index >= 15 is 0 Å². The second-order valence-corrected chi connectivity index (χ2v) is 7.13. The summed E-state index contributed by atoms with van der Waals surface area (Å²) in [5.74, 6) is 0.331. The summed E-state index contributed by atoms with van der Waals surface area (Å²) in [6, 6.07) is 16.2. The summed E-state index contributed by atoms with van der Waals surface area (Å²) in [5, 5.41) is 5.00. The molecule has 1 heterocycles. The lowest BCUT2D eigenvalue weighted by atomic mass is 10.1. The number of fused-ring (bicyclic) bond motifs is 1. The van der Waals surface area contributed by atoms with Gasteiger partial charge in [0.25, 0.3) is 0 Å². The van der Waals surface area contributed by atoms with Gasteiger partial charge in [0.2, 0.25) is 5.91 Å². The van der Waals surface area contributed by atoms with Gasteiger partial charge in [-0.25, -0.2) is 4.98 Å². The van der Waals surface area contributed by atoms with Crippen molar-refractivity contribution in [3.8, 4) is 0 Å². The highest BCUT2D eigenvalue weighted by atomic mass is 32.2. The van der Waals surface area contributed by atoms with E-state index in [1.807, 2.05) is 24.3 Å². The van der Waals surface area contributed by atoms with Crippen LogP contribution in [0.2, 0.25) is 0 Å². The minimum Gasteiger partial charge on any atom is -0.325 e. The van der Waals surface area contributed by atoms with Gasteiger partial charge in [-0.05, 0) is 55.2 Å². The molecule has 1 N–H and O–H groups in total. The molecule has 128 valence electrons. The molecule has 0 bridgehead atoms. The van der Waals surface area contributed by atoms with Gasteiger partial charge in [0.05, 0.1) is 16.3 Å². The summed E-state index contributed by atoms with van der Waals surface area (Å²) in [6.45, 7) is 6.27. The highest BCUT2D eigenvalue weighted by molar-refractivity contribution is 7.99. The summed E-state index contributed by atoms with van der Waals surface area (Å²) in [5.41, 5.74) is 5.45. The number of carbonyl (C=O) groups is 1. The second kappa shape index (κ2) is 7.70. The van der Waals surface area contributed by atoms with Crippen molar-refractivity contribution in [2.45, 2.75) is 32.2 Å². The summed E-state index contributed by atoms with van der Waals surface area (Å²) in [7, 11) is 0. The third kappa shape index (κ3) is 4.20. The number of carbonyl (C=O) groups excluding carboxylic acids is 1. The molecule has 3 nitrogen and oxygen atoms in total. The number of aromatic nitrogens is 1. The van der Waals surface area contributed by atoms with Gasteiger partial charge in [-0.2, -0.15) is 0 Å². The fourth-order valence-electron chi connectivity index (χ4n) is 2.77. The minimum absolute atomic E-state index is 0.0152. The van der Waals surface area contributed by atoms with Gasteiger partial charge < -0.3 is 5.32 Å². The Morgan fingerprint density at radius 3 is 2.56 bits per heavy atom. The lowest BCUT2D eigenvalue weighted by Gasteiger charge is -2.09. The largest absolute Gasteiger partial charge is 0.325 e. The number of para-hydroxylation sites is 1. The third-order valence-corrected chi connectivity index (χ3v) is 5.13. The number of anilines is 1. The lowest BCUT2D eigenvalue weighted by Crippen LogP contribution is -2.14. The average Bonchev–Trinajstić information content (AvgIpc) is 2.61. The standard InChI is InChI=1S/C21H22N2OS/c1-4-16-8-10-17(11-9-16)22-19(24)13-25-20-12-15(3)18-7-5-6-14(2)21(18)23-20/h5-12H,4,13H2,1-3H3,(H,22,24). The minimum atomic E-state index is -0.0152. The normalized spacial score (nSPS) is 10.8. The van der Waals surface area contributed by atoms with Crippen LogP contribution in [0.5, 0.6) is 0 Å². The van der Waals surface area contributed by atoms with Crippen molar-refractivity contribution in [3.05, 3.63) is 65.2 Å². The molecule has 0 atom stereocenters. The fourth-order valence-corrected chi connectivity index (χ4v) is 3.53. The molecule has 4 heteroatoms. The van der Waals surface area contributed by atoms with E-state index in [9.17, 15) is 4.79 Å². The molecule has 0 aliphatic rings. The van der Waals surface area contributed by atoms with Crippen LogP contribution >= 0.6 is 11.8 Å². The number of aryl methyl sites for hydroxylation is 3. The number of pyridine rings is 1. The Morgan fingerprint density at radius 1 is 1.08 bits per heavy atom. The van der Waals surface area contributed by atoms with Crippen LogP contribution in [0.3, 0.4) is 0 Å². The Kier molecular flexibility index (Phi) is 5.39. The van der Waals surface area contributed by atoms with E-state index < -0.39 is 0 Å². The van der Waals surface area contributed by atoms with Crippen molar-refractivity contribution in [2.24, 2.45) is 0 Å². The third-order valence-electron chi connectivity index (χ3n) is 4.22. The predicted octanol–water partition coefficient (Wildman–Crippen LogP) is 5.14. The molecule has 0 fully saturated rings. The Morgan fingerprint density at radius 2 is 1.84 bits per heavy atom. The van der Waals surface area contributed by atoms with Crippen molar-refractivity contribution < 1.29 is 4.79 Å². The van der Waals surface area contributed by atoms with Gasteiger partial charge in [0.1, 0.15) is 0 Å². The van der Waals surface area contributed by atoms with E-state index in [1.54, 1.807) is 0 Å². The van der Waals surface area contributed by atoms with Gasteiger partial charge in [0, 0.05) is 11.1 Å². The number of thioether (sulfide) groups is 1. The van der Waals surface area contributed by atoms with Gasteiger partial charge >= 0.3 is 0 Å². The zero-order chi connectivity index (χ0) is 17.8. The number of hydrogen-bond donors (Lipinski definition) is 1. The SMILES string of the molecule is CCc1ccc(NC(=O)CSc2cc(C)c3cccc(C)c3n2)cc1. The molecular weight excluding hydrogens is 328 g/mol. The van der Waals surface area contributed by atoms with Crippen LogP contribution in [-0.4, -0.2) is 16.6 Å². The number of hydrogen-bond acceptors (Lipinski definition) is 3. The van der Waals surface area contributed by atoms with Crippen molar-refractivity contribution in [1.29, 1.82) is 0 Å².